The van der Waals surface area contributed by atoms with Crippen LogP contribution >= 0.6 is 0 Å². The molecule has 0 aromatic heterocycles. The molecule has 0 fully saturated rings. The molecule has 0 aliphatic rings. The van der Waals surface area contributed by atoms with Gasteiger partial charge in [0.2, 0.25) is 0 Å². The van der Waals surface area contributed by atoms with Gasteiger partial charge in [0.25, 0.3) is 0 Å². The summed E-state index contributed by atoms with van der Waals surface area (Å²) in [4.78, 5) is 76.9. The zero-order chi connectivity index (χ0) is 12.6. The van der Waals surface area contributed by atoms with Gasteiger partial charge in [0.1, 0.15) is 0 Å². The van der Waals surface area contributed by atoms with Gasteiger partial charge in [0.15, 0.2) is 0 Å². The van der Waals surface area contributed by atoms with Gasteiger partial charge in [0, 0.05) is 0 Å². The summed E-state index contributed by atoms with van der Waals surface area (Å²) in [7, 11) is -11.2. The summed E-state index contributed by atoms with van der Waals surface area (Å²) >= 11 is 0. The van der Waals surface area contributed by atoms with Crippen LogP contribution in [0.2, 0.25) is 0 Å². The van der Waals surface area contributed by atoms with E-state index in [4.69, 9.17) is 53.4 Å². The molecule has 0 bridgehead atoms. The van der Waals surface area contributed by atoms with Gasteiger partial charge < -0.3 is 71.5 Å². The van der Waals surface area contributed by atoms with Crippen molar-refractivity contribution in [2.75, 3.05) is 0 Å². The third-order valence-electron chi connectivity index (χ3n) is 0. The molecule has 0 aliphatic heterocycles. The minimum Gasteiger partial charge on any atom is -0.894 e. The van der Waals surface area contributed by atoms with Crippen LogP contribution in [-0.2, 0) is 0 Å². The Labute approximate surface area is 259 Å². The van der Waals surface area contributed by atoms with E-state index in [0.717, 1.165) is 0 Å². The number of hydrogen-bond acceptors (Lipinski definition) is 11. The first-order chi connectivity index (χ1) is 5.73. The van der Waals surface area contributed by atoms with Crippen molar-refractivity contribution in [3.8, 4) is 0 Å². The molecule has 0 heterocycles. The normalized spacial score (nSPS) is 7.58. The summed E-state index contributed by atoms with van der Waals surface area (Å²) in [5.41, 5.74) is 0. The fraction of sp³-hybridized carbons (Fsp3) is 0. The van der Waals surface area contributed by atoms with E-state index in [1.165, 1.54) is 0 Å². The summed E-state index contributed by atoms with van der Waals surface area (Å²) < 4.78 is 0. The van der Waals surface area contributed by atoms with Gasteiger partial charge in [0.05, 0.1) is 0 Å². The van der Waals surface area contributed by atoms with Crippen LogP contribution in [0.4, 0.5) is 4.79 Å². The Morgan fingerprint density at radius 2 is 0.526 bits per heavy atom. The molecule has 0 aromatic rings. The molecular weight excluding hydrogens is 445 g/mol. The molecular formula is CCa5O11Si2. The number of rotatable bonds is 0. The van der Waals surface area contributed by atoms with Crippen molar-refractivity contribution in [3.63, 3.8) is 0 Å². The van der Waals surface area contributed by atoms with Crippen molar-refractivity contribution in [3.05, 3.63) is 0 Å². The van der Waals surface area contributed by atoms with Gasteiger partial charge in [-0.2, -0.15) is 0 Å². The Morgan fingerprint density at radius 1 is 0.526 bits per heavy atom. The summed E-state index contributed by atoms with van der Waals surface area (Å²) in [6.07, 6.45) is -2.33. The Hall–Kier alpha value is 5.68. The van der Waals surface area contributed by atoms with Crippen LogP contribution in [0.5, 0.6) is 0 Å². The molecule has 0 spiro atoms. The molecule has 0 amide bonds. The smallest absolute Gasteiger partial charge is 0.894 e. The molecule has 0 saturated carbocycles. The van der Waals surface area contributed by atoms with Crippen LogP contribution in [0.25, 0.3) is 0 Å². The third-order valence-corrected chi connectivity index (χ3v) is 0. The van der Waals surface area contributed by atoms with Crippen LogP contribution in [0.15, 0.2) is 0 Å². The van der Waals surface area contributed by atoms with E-state index in [1.54, 1.807) is 0 Å². The molecule has 0 saturated heterocycles. The predicted octanol–water partition coefficient (Wildman–Crippen LogP) is -14.6. The summed E-state index contributed by atoms with van der Waals surface area (Å²) in [6, 6.07) is 0. The second-order valence-corrected chi connectivity index (χ2v) is 3.25. The van der Waals surface area contributed by atoms with Crippen LogP contribution in [0.1, 0.15) is 0 Å². The SMILES string of the molecule is O=C([O-])[O-].[Ca+2].[Ca+2].[Ca+2].[Ca+2].[Ca+2].[O-][Si]([O-])([O-])[O-].[O-][Si]([O-])([O-])[O-]. The Kier molecular flexibility index (Phi) is 74.6. The van der Waals surface area contributed by atoms with Crippen molar-refractivity contribution < 1.29 is 53.4 Å². The van der Waals surface area contributed by atoms with E-state index in [1.807, 2.05) is 0 Å². The average molecular weight is 445 g/mol. The molecule has 19 heavy (non-hydrogen) atoms. The van der Waals surface area contributed by atoms with E-state index in [-0.39, 0.29) is 189 Å². The van der Waals surface area contributed by atoms with E-state index in [9.17, 15) is 0 Å². The maximum absolute atomic E-state index is 8.58. The van der Waals surface area contributed by atoms with Gasteiger partial charge in [-0.15, -0.1) is 0 Å². The van der Waals surface area contributed by atoms with E-state index >= 15 is 0 Å². The molecule has 88 valence electrons. The minimum atomic E-state index is -5.61. The topological polar surface area (TPSA) is 248 Å². The standard InChI is InChI=1S/CH2O3.5Ca.2O4Si/c2-1(3)4;;;;;;2*1-5(2,3)4/h(H2,2,3,4);;;;;;;/q;5*+2;2*-4/p-2. The molecule has 0 rings (SSSR count). The van der Waals surface area contributed by atoms with Crippen molar-refractivity contribution in [2.24, 2.45) is 0 Å². The van der Waals surface area contributed by atoms with Crippen LogP contribution in [0.3, 0.4) is 0 Å². The van der Waals surface area contributed by atoms with E-state index in [0.29, 0.717) is 0 Å². The average Bonchev–Trinajstić information content (AvgIpc) is 1.45. The van der Waals surface area contributed by atoms with Crippen LogP contribution < -0.4 is 48.6 Å². The van der Waals surface area contributed by atoms with Gasteiger partial charge in [-0.1, -0.05) is 0 Å². The first-order valence-electron chi connectivity index (χ1n) is 2.25. The van der Waals surface area contributed by atoms with Crippen molar-refractivity contribution in [1.29, 1.82) is 0 Å². The summed E-state index contributed by atoms with van der Waals surface area (Å²) in [5.74, 6) is 0. The van der Waals surface area contributed by atoms with Crippen LogP contribution in [-0.4, -0.2) is 213 Å². The predicted molar refractivity (Wildman–Crippen MR) is 45.7 cm³/mol. The molecule has 0 unspecified atom stereocenters. The number of carbonyl (C=O) groups excluding carboxylic acids is 1. The molecule has 0 N–H and O–H groups in total. The van der Waals surface area contributed by atoms with E-state index < -0.39 is 24.3 Å². The quantitative estimate of drug-likeness (QED) is 0.317. The van der Waals surface area contributed by atoms with E-state index in [2.05, 4.69) is 0 Å². The molecule has 11 nitrogen and oxygen atoms in total. The number of carbonyl (C=O) groups is 1. The maximum Gasteiger partial charge on any atom is 2.00 e. The third kappa shape index (κ3) is 345. The number of carboxylic acid groups (broad SMARTS) is 2. The molecule has 0 radical (unpaired) electrons. The first kappa shape index (κ1) is 49.7. The van der Waals surface area contributed by atoms with Crippen molar-refractivity contribution in [1.82, 2.24) is 0 Å². The molecule has 18 heteroatoms. The zero-order valence-corrected chi connectivity index (χ0v) is 22.6. The number of hydrogen-bond donors (Lipinski definition) is 0. The second kappa shape index (κ2) is 28.5. The van der Waals surface area contributed by atoms with Gasteiger partial charge in [-0.05, 0) is 6.16 Å². The maximum atomic E-state index is 8.58. The molecule has 0 aliphatic carbocycles. The van der Waals surface area contributed by atoms with Gasteiger partial charge in [-0.25, -0.2) is 0 Å². The largest absolute Gasteiger partial charge is 2.00 e. The Morgan fingerprint density at radius 3 is 0.526 bits per heavy atom. The Bertz CT molecular complexity index is 128. The molecule has 0 atom stereocenters. The van der Waals surface area contributed by atoms with Gasteiger partial charge in [-0.3, -0.25) is 0 Å². The monoisotopic (exact) mass is 444 g/mol. The van der Waals surface area contributed by atoms with Crippen molar-refractivity contribution >= 4 is 213 Å². The second-order valence-electron chi connectivity index (χ2n) is 1.25. The minimum absolute atomic E-state index is 0. The Balaban J connectivity index is -0.0000000141. The van der Waals surface area contributed by atoms with Crippen molar-refractivity contribution in [2.45, 2.75) is 0 Å². The first-order valence-corrected chi connectivity index (χ1v) is 5.51. The summed E-state index contributed by atoms with van der Waals surface area (Å²) in [5, 5.41) is 16.7. The zero-order valence-electron chi connectivity index (χ0n) is 9.53. The fourth-order valence-corrected chi connectivity index (χ4v) is 0. The fourth-order valence-electron chi connectivity index (χ4n) is 0. The van der Waals surface area contributed by atoms with Gasteiger partial charge >= 0.3 is 189 Å². The molecule has 0 aromatic carbocycles. The van der Waals surface area contributed by atoms with Crippen LogP contribution in [0, 0.1) is 0 Å². The summed E-state index contributed by atoms with van der Waals surface area (Å²) in [6.45, 7) is 0.